The van der Waals surface area contributed by atoms with E-state index in [-0.39, 0.29) is 11.6 Å². The van der Waals surface area contributed by atoms with Crippen LogP contribution in [0, 0.1) is 17.0 Å². The normalized spacial score (nSPS) is 10.9. The van der Waals surface area contributed by atoms with Crippen LogP contribution in [0.5, 0.6) is 0 Å². The molecule has 2 aromatic rings. The van der Waals surface area contributed by atoms with Crippen LogP contribution in [0.2, 0.25) is 0 Å². The molecule has 1 aromatic heterocycles. The number of nitrogens with one attached hydrogen (secondary N) is 1. The Kier molecular flexibility index (Phi) is 5.24. The van der Waals surface area contributed by atoms with Gasteiger partial charge in [-0.05, 0) is 25.5 Å². The predicted octanol–water partition coefficient (Wildman–Crippen LogP) is 2.45. The first-order valence-electron chi connectivity index (χ1n) is 7.23. The zero-order valence-corrected chi connectivity index (χ0v) is 13.0. The summed E-state index contributed by atoms with van der Waals surface area (Å²) in [7, 11) is 0. The van der Waals surface area contributed by atoms with E-state index in [4.69, 9.17) is 0 Å². The van der Waals surface area contributed by atoms with Crippen LogP contribution in [0.4, 0.5) is 5.69 Å². The molecule has 0 aliphatic rings. The molecule has 0 saturated heterocycles. The fraction of sp³-hybridized carbons (Fsp3) is 0.250. The van der Waals surface area contributed by atoms with Crippen LogP contribution in [0.25, 0.3) is 6.08 Å². The smallest absolute Gasteiger partial charge is 0.270 e. The van der Waals surface area contributed by atoms with E-state index in [0.717, 1.165) is 17.8 Å². The third kappa shape index (κ3) is 4.26. The van der Waals surface area contributed by atoms with Crippen molar-refractivity contribution < 1.29 is 9.72 Å². The van der Waals surface area contributed by atoms with E-state index in [2.05, 4.69) is 10.4 Å². The van der Waals surface area contributed by atoms with Gasteiger partial charge >= 0.3 is 0 Å². The molecule has 1 amide bonds. The molecule has 1 heterocycles. The Bertz CT molecular complexity index is 750. The molecule has 0 aliphatic carbocycles. The van der Waals surface area contributed by atoms with E-state index in [9.17, 15) is 14.9 Å². The molecule has 7 heteroatoms. The summed E-state index contributed by atoms with van der Waals surface area (Å²) in [6.45, 7) is 5.14. The van der Waals surface area contributed by atoms with Crippen molar-refractivity contribution >= 4 is 17.7 Å². The maximum atomic E-state index is 11.8. The SMILES string of the molecule is CCn1ncc(CNC(=O)/C=C/c2cccc([N+](=O)[O-])c2)c1C. The topological polar surface area (TPSA) is 90.1 Å². The van der Waals surface area contributed by atoms with Crippen molar-refractivity contribution in [3.63, 3.8) is 0 Å². The average Bonchev–Trinajstić information content (AvgIpc) is 2.91. The van der Waals surface area contributed by atoms with Gasteiger partial charge in [-0.3, -0.25) is 19.6 Å². The molecule has 120 valence electrons. The summed E-state index contributed by atoms with van der Waals surface area (Å²) in [5.74, 6) is -0.264. The number of carbonyl (C=O) groups is 1. The van der Waals surface area contributed by atoms with Crippen molar-refractivity contribution in [2.45, 2.75) is 26.9 Å². The second-order valence-corrected chi connectivity index (χ2v) is 4.97. The second-order valence-electron chi connectivity index (χ2n) is 4.97. The number of rotatable bonds is 6. The fourth-order valence-electron chi connectivity index (χ4n) is 2.13. The summed E-state index contributed by atoms with van der Waals surface area (Å²) in [6, 6.07) is 6.11. The van der Waals surface area contributed by atoms with Crippen molar-refractivity contribution in [1.29, 1.82) is 0 Å². The van der Waals surface area contributed by atoms with Gasteiger partial charge in [0.05, 0.1) is 11.1 Å². The minimum atomic E-state index is -0.467. The number of benzene rings is 1. The van der Waals surface area contributed by atoms with Crippen LogP contribution in [-0.2, 0) is 17.9 Å². The van der Waals surface area contributed by atoms with E-state index in [1.807, 2.05) is 18.5 Å². The average molecular weight is 314 g/mol. The highest BCUT2D eigenvalue weighted by Gasteiger charge is 2.06. The van der Waals surface area contributed by atoms with Crippen molar-refractivity contribution in [1.82, 2.24) is 15.1 Å². The maximum Gasteiger partial charge on any atom is 0.270 e. The molecule has 0 spiro atoms. The molecule has 7 nitrogen and oxygen atoms in total. The van der Waals surface area contributed by atoms with Crippen molar-refractivity contribution in [2.75, 3.05) is 0 Å². The highest BCUT2D eigenvalue weighted by atomic mass is 16.6. The first-order valence-corrected chi connectivity index (χ1v) is 7.23. The Morgan fingerprint density at radius 3 is 2.91 bits per heavy atom. The molecule has 0 radical (unpaired) electrons. The Hall–Kier alpha value is -2.96. The highest BCUT2D eigenvalue weighted by molar-refractivity contribution is 5.91. The molecule has 0 saturated carbocycles. The lowest BCUT2D eigenvalue weighted by Crippen LogP contribution is -2.20. The Labute approximate surface area is 133 Å². The number of hydrogen-bond donors (Lipinski definition) is 1. The largest absolute Gasteiger partial charge is 0.348 e. The van der Waals surface area contributed by atoms with Crippen LogP contribution >= 0.6 is 0 Å². The minimum Gasteiger partial charge on any atom is -0.348 e. The molecule has 23 heavy (non-hydrogen) atoms. The van der Waals surface area contributed by atoms with Gasteiger partial charge in [-0.15, -0.1) is 0 Å². The zero-order valence-electron chi connectivity index (χ0n) is 13.0. The van der Waals surface area contributed by atoms with Gasteiger partial charge in [0.1, 0.15) is 0 Å². The van der Waals surface area contributed by atoms with Gasteiger partial charge in [0, 0.05) is 42.6 Å². The third-order valence-electron chi connectivity index (χ3n) is 3.47. The number of nitro benzene ring substituents is 1. The van der Waals surface area contributed by atoms with Crippen molar-refractivity contribution in [2.24, 2.45) is 0 Å². The standard InChI is InChI=1S/C16H18N4O3/c1-3-19-12(2)14(11-18-19)10-17-16(21)8-7-13-5-4-6-15(9-13)20(22)23/h4-9,11H,3,10H2,1-2H3,(H,17,21)/b8-7+. The molecular formula is C16H18N4O3. The van der Waals surface area contributed by atoms with Gasteiger partial charge in [0.15, 0.2) is 0 Å². The summed E-state index contributed by atoms with van der Waals surface area (Å²) in [6.07, 6.45) is 4.65. The molecular weight excluding hydrogens is 296 g/mol. The van der Waals surface area contributed by atoms with E-state index < -0.39 is 4.92 Å². The van der Waals surface area contributed by atoms with Crippen LogP contribution in [-0.4, -0.2) is 20.6 Å². The van der Waals surface area contributed by atoms with Gasteiger partial charge in [0.2, 0.25) is 5.91 Å². The zero-order chi connectivity index (χ0) is 16.8. The quantitative estimate of drug-likeness (QED) is 0.504. The number of nitrogens with zero attached hydrogens (tertiary/aromatic N) is 3. The van der Waals surface area contributed by atoms with E-state index in [1.165, 1.54) is 18.2 Å². The molecule has 2 rings (SSSR count). The Morgan fingerprint density at radius 2 is 2.26 bits per heavy atom. The van der Waals surface area contributed by atoms with Gasteiger partial charge in [0.25, 0.3) is 5.69 Å². The summed E-state index contributed by atoms with van der Waals surface area (Å²) in [5.41, 5.74) is 2.58. The molecule has 0 aliphatic heterocycles. The molecule has 0 atom stereocenters. The van der Waals surface area contributed by atoms with Crippen LogP contribution in [0.15, 0.2) is 36.5 Å². The Balaban J connectivity index is 1.95. The lowest BCUT2D eigenvalue weighted by Gasteiger charge is -2.03. The Morgan fingerprint density at radius 1 is 1.48 bits per heavy atom. The fourth-order valence-corrected chi connectivity index (χ4v) is 2.13. The second kappa shape index (κ2) is 7.35. The summed E-state index contributed by atoms with van der Waals surface area (Å²) in [5, 5.41) is 17.7. The third-order valence-corrected chi connectivity index (χ3v) is 3.47. The number of aromatic nitrogens is 2. The molecule has 1 N–H and O–H groups in total. The summed E-state index contributed by atoms with van der Waals surface area (Å²) >= 11 is 0. The van der Waals surface area contributed by atoms with Crippen LogP contribution in [0.3, 0.4) is 0 Å². The van der Waals surface area contributed by atoms with E-state index in [1.54, 1.807) is 24.4 Å². The molecule has 0 bridgehead atoms. The van der Waals surface area contributed by atoms with Gasteiger partial charge in [-0.2, -0.15) is 5.10 Å². The number of carbonyl (C=O) groups excluding carboxylic acids is 1. The van der Waals surface area contributed by atoms with E-state index in [0.29, 0.717) is 12.1 Å². The minimum absolute atomic E-state index is 0.00448. The number of nitro groups is 1. The molecule has 0 unspecified atom stereocenters. The molecule has 0 fully saturated rings. The number of amides is 1. The maximum absolute atomic E-state index is 11.8. The predicted molar refractivity (Wildman–Crippen MR) is 86.6 cm³/mol. The van der Waals surface area contributed by atoms with Crippen LogP contribution in [0.1, 0.15) is 23.7 Å². The van der Waals surface area contributed by atoms with Crippen LogP contribution < -0.4 is 5.32 Å². The first-order chi connectivity index (χ1) is 11.0. The lowest BCUT2D eigenvalue weighted by molar-refractivity contribution is -0.384. The first kappa shape index (κ1) is 16.4. The van der Waals surface area contributed by atoms with Crippen molar-refractivity contribution in [3.8, 4) is 0 Å². The summed E-state index contributed by atoms with van der Waals surface area (Å²) < 4.78 is 1.86. The number of non-ortho nitro benzene ring substituents is 1. The summed E-state index contributed by atoms with van der Waals surface area (Å²) in [4.78, 5) is 22.1. The van der Waals surface area contributed by atoms with Crippen molar-refractivity contribution in [3.05, 3.63) is 63.5 Å². The van der Waals surface area contributed by atoms with Gasteiger partial charge < -0.3 is 5.32 Å². The number of aryl methyl sites for hydroxylation is 1. The monoisotopic (exact) mass is 314 g/mol. The molecule has 1 aromatic carbocycles. The lowest BCUT2D eigenvalue weighted by atomic mass is 10.2. The van der Waals surface area contributed by atoms with E-state index >= 15 is 0 Å². The number of hydrogen-bond acceptors (Lipinski definition) is 4. The highest BCUT2D eigenvalue weighted by Crippen LogP contribution is 2.14. The van der Waals surface area contributed by atoms with Gasteiger partial charge in [-0.25, -0.2) is 0 Å². The van der Waals surface area contributed by atoms with Gasteiger partial charge in [-0.1, -0.05) is 12.1 Å².